The quantitative estimate of drug-likeness (QED) is 0.611. The van der Waals surface area contributed by atoms with Gasteiger partial charge in [0.1, 0.15) is 0 Å². The third kappa shape index (κ3) is 3.79. The number of H-pyrrole nitrogens is 2. The molecule has 26 heavy (non-hydrogen) atoms. The molecule has 0 unspecified atom stereocenters. The fraction of sp³-hybridized carbons (Fsp3) is 0.125. The summed E-state index contributed by atoms with van der Waals surface area (Å²) in [5.41, 5.74) is 0.953. The summed E-state index contributed by atoms with van der Waals surface area (Å²) in [6, 6.07) is 10.7. The minimum absolute atomic E-state index is 0.0259. The second-order valence-electron chi connectivity index (χ2n) is 5.60. The third-order valence-corrected chi connectivity index (χ3v) is 5.74. The molecule has 8 nitrogen and oxygen atoms in total. The Morgan fingerprint density at radius 3 is 2.46 bits per heavy atom. The molecule has 0 radical (unpaired) electrons. The van der Waals surface area contributed by atoms with Crippen molar-refractivity contribution in [3.63, 3.8) is 0 Å². The molecule has 10 heteroatoms. The molecule has 3 aromatic rings. The Bertz CT molecular complexity index is 1120. The number of sulfonamides is 1. The van der Waals surface area contributed by atoms with E-state index in [1.807, 2.05) is 0 Å². The largest absolute Gasteiger partial charge is 0.325 e. The number of anilines is 1. The Morgan fingerprint density at radius 2 is 1.77 bits per heavy atom. The van der Waals surface area contributed by atoms with Crippen LogP contribution in [-0.2, 0) is 14.8 Å². The van der Waals surface area contributed by atoms with Gasteiger partial charge in [0.25, 0.3) is 0 Å². The van der Waals surface area contributed by atoms with Crippen molar-refractivity contribution in [2.75, 3.05) is 18.9 Å². The van der Waals surface area contributed by atoms with Crippen LogP contribution in [0.1, 0.15) is 0 Å². The van der Waals surface area contributed by atoms with Crippen LogP contribution < -0.4 is 11.0 Å². The number of nitrogens with zero attached hydrogens (tertiary/aromatic N) is 1. The van der Waals surface area contributed by atoms with Crippen molar-refractivity contribution in [3.05, 3.63) is 58.0 Å². The molecular weight excluding hydrogens is 380 g/mol. The molecular formula is C16H15ClN4O4S. The van der Waals surface area contributed by atoms with Gasteiger partial charge in [-0.15, -0.1) is 0 Å². The molecule has 0 bridgehead atoms. The molecule has 1 aromatic heterocycles. The van der Waals surface area contributed by atoms with Crippen molar-refractivity contribution >= 4 is 44.3 Å². The number of aromatic amines is 2. The first kappa shape index (κ1) is 18.2. The summed E-state index contributed by atoms with van der Waals surface area (Å²) < 4.78 is 26.2. The van der Waals surface area contributed by atoms with Crippen LogP contribution in [0, 0.1) is 0 Å². The van der Waals surface area contributed by atoms with Crippen LogP contribution in [0.5, 0.6) is 0 Å². The van der Waals surface area contributed by atoms with Crippen LogP contribution in [0.2, 0.25) is 5.02 Å². The summed E-state index contributed by atoms with van der Waals surface area (Å²) in [6.07, 6.45) is 0. The van der Waals surface area contributed by atoms with Crippen LogP contribution in [0.15, 0.2) is 52.2 Å². The monoisotopic (exact) mass is 394 g/mol. The average molecular weight is 395 g/mol. The summed E-state index contributed by atoms with van der Waals surface area (Å²) in [6.45, 7) is -0.368. The smallest absolute Gasteiger partial charge is 0.323 e. The topological polar surface area (TPSA) is 115 Å². The van der Waals surface area contributed by atoms with Gasteiger partial charge >= 0.3 is 5.69 Å². The number of amides is 1. The number of hydrogen-bond acceptors (Lipinski definition) is 4. The number of imidazole rings is 1. The van der Waals surface area contributed by atoms with E-state index in [1.165, 1.54) is 25.2 Å². The van der Waals surface area contributed by atoms with Gasteiger partial charge in [-0.3, -0.25) is 4.79 Å². The lowest BCUT2D eigenvalue weighted by Gasteiger charge is -2.17. The summed E-state index contributed by atoms with van der Waals surface area (Å²) in [4.78, 5) is 28.4. The molecule has 0 atom stereocenters. The molecule has 1 amide bonds. The van der Waals surface area contributed by atoms with E-state index < -0.39 is 21.6 Å². The lowest BCUT2D eigenvalue weighted by molar-refractivity contribution is -0.116. The number of benzene rings is 2. The van der Waals surface area contributed by atoms with Crippen LogP contribution in [0.25, 0.3) is 11.0 Å². The Labute approximate surface area is 153 Å². The first-order valence-electron chi connectivity index (χ1n) is 7.49. The lowest BCUT2D eigenvalue weighted by atomic mass is 10.3. The number of halogens is 1. The fourth-order valence-corrected chi connectivity index (χ4v) is 3.65. The number of nitrogens with one attached hydrogen (secondary N) is 3. The maximum Gasteiger partial charge on any atom is 0.323 e. The van der Waals surface area contributed by atoms with Crippen LogP contribution in [0.4, 0.5) is 5.69 Å². The molecule has 1 heterocycles. The third-order valence-electron chi connectivity index (χ3n) is 3.69. The van der Waals surface area contributed by atoms with E-state index in [-0.39, 0.29) is 11.4 Å². The van der Waals surface area contributed by atoms with E-state index in [9.17, 15) is 18.0 Å². The zero-order valence-corrected chi connectivity index (χ0v) is 15.2. The van der Waals surface area contributed by atoms with Crippen molar-refractivity contribution in [1.29, 1.82) is 0 Å². The Kier molecular flexibility index (Phi) is 4.86. The lowest BCUT2D eigenvalue weighted by Crippen LogP contribution is -2.34. The number of carbonyl (C=O) groups excluding carboxylic acids is 1. The van der Waals surface area contributed by atoms with Gasteiger partial charge in [-0.05, 0) is 42.5 Å². The highest BCUT2D eigenvalue weighted by molar-refractivity contribution is 7.89. The van der Waals surface area contributed by atoms with E-state index in [4.69, 9.17) is 11.6 Å². The van der Waals surface area contributed by atoms with Crippen LogP contribution in [0.3, 0.4) is 0 Å². The van der Waals surface area contributed by atoms with Crippen LogP contribution in [-0.4, -0.2) is 42.2 Å². The summed E-state index contributed by atoms with van der Waals surface area (Å²) in [5.74, 6) is -0.491. The van der Waals surface area contributed by atoms with Crippen molar-refractivity contribution in [1.82, 2.24) is 14.3 Å². The predicted molar refractivity (Wildman–Crippen MR) is 98.8 cm³/mol. The van der Waals surface area contributed by atoms with Gasteiger partial charge in [0.15, 0.2) is 0 Å². The first-order valence-corrected chi connectivity index (χ1v) is 9.31. The standard InChI is InChI=1S/C16H15ClN4O4S/c1-21(9-15(22)18-11-4-2-10(17)3-5-11)26(24,25)12-6-7-13-14(8-12)20-16(23)19-13/h2-8H,9H2,1H3,(H,18,22)(H2,19,20,23). The molecule has 0 saturated carbocycles. The van der Waals surface area contributed by atoms with Gasteiger partial charge in [-0.25, -0.2) is 13.2 Å². The van der Waals surface area contributed by atoms with Crippen molar-refractivity contribution in [3.8, 4) is 0 Å². The number of rotatable bonds is 5. The SMILES string of the molecule is CN(CC(=O)Nc1ccc(Cl)cc1)S(=O)(=O)c1ccc2[nH]c(=O)[nH]c2c1. The van der Waals surface area contributed by atoms with E-state index in [0.29, 0.717) is 21.7 Å². The Balaban J connectivity index is 1.75. The summed E-state index contributed by atoms with van der Waals surface area (Å²) in [7, 11) is -2.59. The molecule has 0 fully saturated rings. The number of hydrogen-bond donors (Lipinski definition) is 3. The predicted octanol–water partition coefficient (Wildman–Crippen LogP) is 1.77. The van der Waals surface area contributed by atoms with Gasteiger partial charge in [-0.2, -0.15) is 4.31 Å². The molecule has 2 aromatic carbocycles. The number of fused-ring (bicyclic) bond motifs is 1. The zero-order valence-electron chi connectivity index (χ0n) is 13.6. The number of aromatic nitrogens is 2. The van der Waals surface area contributed by atoms with Gasteiger partial charge in [0, 0.05) is 17.8 Å². The van der Waals surface area contributed by atoms with Gasteiger partial charge < -0.3 is 15.3 Å². The second-order valence-corrected chi connectivity index (χ2v) is 8.08. The Morgan fingerprint density at radius 1 is 1.12 bits per heavy atom. The minimum Gasteiger partial charge on any atom is -0.325 e. The average Bonchev–Trinajstić information content (AvgIpc) is 2.95. The number of likely N-dealkylation sites (N-methyl/N-ethyl adjacent to an activating group) is 1. The van der Waals surface area contributed by atoms with E-state index in [1.54, 1.807) is 24.3 Å². The van der Waals surface area contributed by atoms with Crippen molar-refractivity contribution in [2.45, 2.75) is 4.90 Å². The van der Waals surface area contributed by atoms with Gasteiger partial charge in [-0.1, -0.05) is 11.6 Å². The zero-order chi connectivity index (χ0) is 18.9. The van der Waals surface area contributed by atoms with Crippen LogP contribution >= 0.6 is 11.6 Å². The van der Waals surface area contributed by atoms with Gasteiger partial charge in [0.05, 0.1) is 22.5 Å². The highest BCUT2D eigenvalue weighted by Crippen LogP contribution is 2.19. The number of carbonyl (C=O) groups is 1. The van der Waals surface area contributed by atoms with E-state index in [2.05, 4.69) is 15.3 Å². The maximum atomic E-state index is 12.6. The molecule has 0 saturated heterocycles. The highest BCUT2D eigenvalue weighted by Gasteiger charge is 2.23. The van der Waals surface area contributed by atoms with E-state index in [0.717, 1.165) is 4.31 Å². The van der Waals surface area contributed by atoms with Crippen molar-refractivity contribution < 1.29 is 13.2 Å². The summed E-state index contributed by atoms with van der Waals surface area (Å²) in [5, 5.41) is 3.13. The first-order chi connectivity index (χ1) is 12.3. The normalized spacial score (nSPS) is 11.8. The molecule has 0 aliphatic heterocycles. The minimum atomic E-state index is -3.90. The molecule has 0 aliphatic carbocycles. The summed E-state index contributed by atoms with van der Waals surface area (Å²) >= 11 is 5.78. The fourth-order valence-electron chi connectivity index (χ4n) is 2.37. The maximum absolute atomic E-state index is 12.6. The second kappa shape index (κ2) is 6.94. The molecule has 0 spiro atoms. The molecule has 3 rings (SSSR count). The molecule has 3 N–H and O–H groups in total. The van der Waals surface area contributed by atoms with Crippen molar-refractivity contribution in [2.24, 2.45) is 0 Å². The van der Waals surface area contributed by atoms with E-state index >= 15 is 0 Å². The highest BCUT2D eigenvalue weighted by atomic mass is 35.5. The molecule has 0 aliphatic rings. The molecule has 136 valence electrons. The van der Waals surface area contributed by atoms with Gasteiger partial charge in [0.2, 0.25) is 15.9 Å². The Hall–Kier alpha value is -2.62.